The molecule has 2 N–H and O–H groups in total. The van der Waals surface area contributed by atoms with E-state index >= 15 is 0 Å². The Morgan fingerprint density at radius 3 is 3.00 bits per heavy atom. The second-order valence-corrected chi connectivity index (χ2v) is 4.26. The van der Waals surface area contributed by atoms with Gasteiger partial charge in [-0.1, -0.05) is 0 Å². The van der Waals surface area contributed by atoms with Crippen LogP contribution in [0.1, 0.15) is 6.92 Å². The highest BCUT2D eigenvalue weighted by atomic mass is 79.9. The zero-order valence-corrected chi connectivity index (χ0v) is 10.2. The first-order chi connectivity index (χ1) is 7.06. The highest BCUT2D eigenvalue weighted by molar-refractivity contribution is 9.10. The van der Waals surface area contributed by atoms with E-state index < -0.39 is 0 Å². The van der Waals surface area contributed by atoms with Crippen molar-refractivity contribution in [2.24, 2.45) is 0 Å². The quantitative estimate of drug-likeness (QED) is 0.792. The second-order valence-electron chi connectivity index (χ2n) is 3.03. The number of amides is 1. The van der Waals surface area contributed by atoms with Crippen molar-refractivity contribution in [2.45, 2.75) is 6.92 Å². The van der Waals surface area contributed by atoms with Gasteiger partial charge in [0, 0.05) is 12.6 Å². The Bertz CT molecular complexity index is 587. The minimum atomic E-state index is -0.122. The van der Waals surface area contributed by atoms with Crippen molar-refractivity contribution in [2.75, 3.05) is 5.32 Å². The summed E-state index contributed by atoms with van der Waals surface area (Å²) in [6, 6.07) is 3.52. The van der Waals surface area contributed by atoms with E-state index in [0.717, 1.165) is 9.99 Å². The fourth-order valence-corrected chi connectivity index (χ4v) is 2.03. The fraction of sp³-hybridized carbons (Fsp3) is 0.111. The van der Waals surface area contributed by atoms with E-state index in [4.69, 9.17) is 16.6 Å². The van der Waals surface area contributed by atoms with E-state index in [2.05, 4.69) is 26.2 Å². The van der Waals surface area contributed by atoms with Crippen LogP contribution < -0.4 is 5.32 Å². The highest BCUT2D eigenvalue weighted by Gasteiger charge is 2.06. The monoisotopic (exact) mass is 286 g/mol. The van der Waals surface area contributed by atoms with Crippen molar-refractivity contribution in [1.29, 1.82) is 0 Å². The Hall–Kier alpha value is -1.14. The molecule has 0 aliphatic rings. The van der Waals surface area contributed by atoms with Crippen molar-refractivity contribution in [3.05, 3.63) is 21.4 Å². The summed E-state index contributed by atoms with van der Waals surface area (Å²) >= 11 is 8.21. The molecule has 6 heteroatoms. The van der Waals surface area contributed by atoms with E-state index in [0.29, 0.717) is 16.1 Å². The molecule has 4 nitrogen and oxygen atoms in total. The van der Waals surface area contributed by atoms with Crippen LogP contribution in [0.2, 0.25) is 0 Å². The number of benzene rings is 1. The Kier molecular flexibility index (Phi) is 2.62. The van der Waals surface area contributed by atoms with Crippen LogP contribution in [0.4, 0.5) is 5.69 Å². The molecule has 0 saturated carbocycles. The molecule has 78 valence electrons. The number of oxazole rings is 1. The first kappa shape index (κ1) is 10.4. The number of carbonyl (C=O) groups excluding carboxylic acids is 1. The Labute approximate surface area is 98.8 Å². The van der Waals surface area contributed by atoms with Gasteiger partial charge in [-0.2, -0.15) is 0 Å². The SMILES string of the molecule is CC(=O)Nc1cc(Br)c2oc(=S)[nH]c2c1. The molecule has 15 heavy (non-hydrogen) atoms. The Morgan fingerprint density at radius 2 is 2.33 bits per heavy atom. The van der Waals surface area contributed by atoms with Crippen molar-refractivity contribution < 1.29 is 9.21 Å². The van der Waals surface area contributed by atoms with Gasteiger partial charge in [0.15, 0.2) is 5.58 Å². The number of aromatic nitrogens is 1. The number of hydrogen-bond donors (Lipinski definition) is 2. The zero-order chi connectivity index (χ0) is 11.0. The maximum absolute atomic E-state index is 10.9. The first-order valence-electron chi connectivity index (χ1n) is 4.16. The molecule has 1 heterocycles. The van der Waals surface area contributed by atoms with Crippen molar-refractivity contribution in [3.8, 4) is 0 Å². The summed E-state index contributed by atoms with van der Waals surface area (Å²) in [6.07, 6.45) is 0. The topological polar surface area (TPSA) is 58.0 Å². The van der Waals surface area contributed by atoms with Crippen LogP contribution in [0.25, 0.3) is 11.1 Å². The van der Waals surface area contributed by atoms with E-state index in [1.54, 1.807) is 12.1 Å². The third-order valence-corrected chi connectivity index (χ3v) is 2.57. The number of halogens is 1. The van der Waals surface area contributed by atoms with Crippen LogP contribution in [0.15, 0.2) is 21.0 Å². The van der Waals surface area contributed by atoms with Gasteiger partial charge in [-0.3, -0.25) is 4.79 Å². The lowest BCUT2D eigenvalue weighted by Gasteiger charge is -2.02. The molecular weight excluding hydrogens is 280 g/mol. The molecule has 1 amide bonds. The van der Waals surface area contributed by atoms with Crippen LogP contribution in [0.5, 0.6) is 0 Å². The van der Waals surface area contributed by atoms with Crippen LogP contribution in [-0.2, 0) is 4.79 Å². The van der Waals surface area contributed by atoms with E-state index in [9.17, 15) is 4.79 Å². The number of rotatable bonds is 1. The van der Waals surface area contributed by atoms with Gasteiger partial charge < -0.3 is 14.7 Å². The number of carbonyl (C=O) groups is 1. The first-order valence-corrected chi connectivity index (χ1v) is 5.36. The highest BCUT2D eigenvalue weighted by Crippen LogP contribution is 2.27. The maximum atomic E-state index is 10.9. The summed E-state index contributed by atoms with van der Waals surface area (Å²) in [5, 5.41) is 2.68. The largest absolute Gasteiger partial charge is 0.428 e. The summed E-state index contributed by atoms with van der Waals surface area (Å²) < 4.78 is 6.00. The van der Waals surface area contributed by atoms with Gasteiger partial charge in [0.1, 0.15) is 0 Å². The molecule has 0 aliphatic carbocycles. The van der Waals surface area contributed by atoms with E-state index in [-0.39, 0.29) is 5.91 Å². The number of anilines is 1. The molecule has 0 atom stereocenters. The summed E-state index contributed by atoms with van der Waals surface area (Å²) in [5.74, 6) is -0.122. The van der Waals surface area contributed by atoms with Crippen molar-refractivity contribution in [1.82, 2.24) is 4.98 Å². The standard InChI is InChI=1S/C9H7BrN2O2S/c1-4(13)11-5-2-6(10)8-7(3-5)12-9(15)14-8/h2-3H,1H3,(H,11,13)(H,12,15). The van der Waals surface area contributed by atoms with Gasteiger partial charge in [0.25, 0.3) is 4.84 Å². The van der Waals surface area contributed by atoms with Crippen LogP contribution in [-0.4, -0.2) is 10.9 Å². The lowest BCUT2D eigenvalue weighted by molar-refractivity contribution is -0.114. The third-order valence-electron chi connectivity index (χ3n) is 1.80. The molecule has 0 saturated heterocycles. The molecular formula is C9H7BrN2O2S. The van der Waals surface area contributed by atoms with Crippen LogP contribution in [0.3, 0.4) is 0 Å². The molecule has 2 aromatic rings. The average Bonchev–Trinajstić information content (AvgIpc) is 2.44. The number of hydrogen-bond acceptors (Lipinski definition) is 3. The summed E-state index contributed by atoms with van der Waals surface area (Å²) in [5.41, 5.74) is 2.08. The number of aromatic amines is 1. The van der Waals surface area contributed by atoms with Gasteiger partial charge in [-0.15, -0.1) is 0 Å². The molecule has 0 radical (unpaired) electrons. The molecule has 0 unspecified atom stereocenters. The average molecular weight is 287 g/mol. The molecule has 0 fully saturated rings. The predicted octanol–water partition coefficient (Wildman–Crippen LogP) is 3.21. The summed E-state index contributed by atoms with van der Waals surface area (Å²) in [7, 11) is 0. The van der Waals surface area contributed by atoms with E-state index in [1.807, 2.05) is 0 Å². The van der Waals surface area contributed by atoms with E-state index in [1.165, 1.54) is 6.92 Å². The molecule has 0 bridgehead atoms. The molecule has 0 spiro atoms. The van der Waals surface area contributed by atoms with Gasteiger partial charge in [-0.25, -0.2) is 0 Å². The zero-order valence-electron chi connectivity index (χ0n) is 7.76. The molecule has 2 rings (SSSR count). The van der Waals surface area contributed by atoms with Gasteiger partial charge >= 0.3 is 0 Å². The Balaban J connectivity index is 2.61. The summed E-state index contributed by atoms with van der Waals surface area (Å²) in [4.78, 5) is 14.1. The van der Waals surface area contributed by atoms with Crippen LogP contribution in [0, 0.1) is 4.84 Å². The number of nitrogens with one attached hydrogen (secondary N) is 2. The second kappa shape index (κ2) is 3.79. The van der Waals surface area contributed by atoms with Crippen molar-refractivity contribution >= 4 is 50.8 Å². The number of H-pyrrole nitrogens is 1. The smallest absolute Gasteiger partial charge is 0.266 e. The molecule has 1 aromatic carbocycles. The van der Waals surface area contributed by atoms with Crippen LogP contribution >= 0.6 is 28.1 Å². The minimum Gasteiger partial charge on any atom is -0.428 e. The lowest BCUT2D eigenvalue weighted by Crippen LogP contribution is -2.05. The predicted molar refractivity (Wildman–Crippen MR) is 63.4 cm³/mol. The third kappa shape index (κ3) is 2.10. The fourth-order valence-electron chi connectivity index (χ4n) is 1.29. The van der Waals surface area contributed by atoms with Crippen molar-refractivity contribution in [3.63, 3.8) is 0 Å². The van der Waals surface area contributed by atoms with Gasteiger partial charge in [0.05, 0.1) is 9.99 Å². The maximum Gasteiger partial charge on any atom is 0.266 e. The van der Waals surface area contributed by atoms with Gasteiger partial charge in [0.2, 0.25) is 5.91 Å². The molecule has 1 aromatic heterocycles. The minimum absolute atomic E-state index is 0.122. The lowest BCUT2D eigenvalue weighted by atomic mass is 10.3. The Morgan fingerprint density at radius 1 is 1.60 bits per heavy atom. The number of fused-ring (bicyclic) bond motifs is 1. The van der Waals surface area contributed by atoms with Gasteiger partial charge in [-0.05, 0) is 40.3 Å². The molecule has 0 aliphatic heterocycles. The summed E-state index contributed by atoms with van der Waals surface area (Å²) in [6.45, 7) is 1.45. The normalized spacial score (nSPS) is 10.5.